The monoisotopic (exact) mass is 662 g/mol. The van der Waals surface area contributed by atoms with Crippen LogP contribution in [0.25, 0.3) is 11.2 Å². The molecule has 1 aliphatic rings. The molecule has 13 heteroatoms. The first-order valence-corrected chi connectivity index (χ1v) is 13.2. The topological polar surface area (TPSA) is 109 Å². The quantitative estimate of drug-likeness (QED) is 0.399. The maximum Gasteiger partial charge on any atom is 0.329 e. The zero-order valence-corrected chi connectivity index (χ0v) is 23.5. The Bertz CT molecular complexity index is 1290. The molecule has 2 aromatic heterocycles. The van der Waals surface area contributed by atoms with Gasteiger partial charge >= 0.3 is 5.69 Å². The summed E-state index contributed by atoms with van der Waals surface area (Å²) in [6.07, 6.45) is -0.651. The number of aromatic amines is 1. The van der Waals surface area contributed by atoms with E-state index in [1.165, 1.54) is 4.57 Å². The van der Waals surface area contributed by atoms with Crippen molar-refractivity contribution < 1.29 is 9.84 Å². The number of aromatic nitrogens is 4. The van der Waals surface area contributed by atoms with Crippen LogP contribution < -0.4 is 20.9 Å². The number of hydrogen-bond acceptors (Lipinski definition) is 7. The predicted octanol–water partition coefficient (Wildman–Crippen LogP) is 2.29. The highest BCUT2D eigenvalue weighted by atomic mass is 79.9. The molecule has 1 aliphatic heterocycles. The maximum absolute atomic E-state index is 12.4. The van der Waals surface area contributed by atoms with E-state index in [0.717, 1.165) is 26.5 Å². The summed E-state index contributed by atoms with van der Waals surface area (Å²) in [6, 6.07) is 3.78. The number of rotatable bonds is 7. The van der Waals surface area contributed by atoms with Crippen molar-refractivity contribution in [2.45, 2.75) is 19.6 Å². The molecule has 0 radical (unpaired) electrons. The molecular formula is C21H25Br3N6O4. The first kappa shape index (κ1) is 25.4. The number of H-pyrrole nitrogens is 1. The number of imidazole rings is 1. The summed E-state index contributed by atoms with van der Waals surface area (Å²) in [5.74, 6) is 1.33. The van der Waals surface area contributed by atoms with Gasteiger partial charge in [-0.15, -0.1) is 0 Å². The molecule has 4 rings (SSSR count). The number of halogens is 3. The first-order chi connectivity index (χ1) is 16.2. The van der Waals surface area contributed by atoms with Gasteiger partial charge in [0.15, 0.2) is 11.2 Å². The van der Waals surface area contributed by atoms with Gasteiger partial charge in [0.05, 0.1) is 8.95 Å². The summed E-state index contributed by atoms with van der Waals surface area (Å²) in [4.78, 5) is 35.7. The van der Waals surface area contributed by atoms with Gasteiger partial charge in [0.25, 0.3) is 5.56 Å². The smallest absolute Gasteiger partial charge is 0.329 e. The summed E-state index contributed by atoms with van der Waals surface area (Å²) in [5.41, 5.74) is -0.122. The number of aliphatic hydroxyl groups excluding tert-OH is 1. The number of benzene rings is 1. The number of aryl methyl sites for hydroxylation is 2. The van der Waals surface area contributed by atoms with Gasteiger partial charge in [-0.25, -0.2) is 4.79 Å². The summed E-state index contributed by atoms with van der Waals surface area (Å²) in [5, 5.41) is 10.5. The van der Waals surface area contributed by atoms with E-state index in [-0.39, 0.29) is 6.61 Å². The lowest BCUT2D eigenvalue weighted by Gasteiger charge is -2.36. The molecule has 1 aromatic carbocycles. The number of fused-ring (bicyclic) bond motifs is 1. The molecule has 0 saturated carbocycles. The highest BCUT2D eigenvalue weighted by Gasteiger charge is 2.25. The third kappa shape index (κ3) is 5.13. The number of nitrogens with one attached hydrogen (secondary N) is 1. The van der Waals surface area contributed by atoms with Crippen molar-refractivity contribution in [1.82, 2.24) is 24.0 Å². The molecular weight excluding hydrogens is 640 g/mol. The molecule has 0 spiro atoms. The third-order valence-corrected chi connectivity index (χ3v) is 7.45. The molecule has 3 aromatic rings. The molecule has 1 fully saturated rings. The average molecular weight is 665 g/mol. The molecule has 0 aliphatic carbocycles. The van der Waals surface area contributed by atoms with Crippen molar-refractivity contribution >= 4 is 64.9 Å². The predicted molar refractivity (Wildman–Crippen MR) is 141 cm³/mol. The Hall–Kier alpha value is -1.67. The van der Waals surface area contributed by atoms with Crippen molar-refractivity contribution in [2.75, 3.05) is 44.2 Å². The minimum Gasteiger partial charge on any atom is -0.488 e. The summed E-state index contributed by atoms with van der Waals surface area (Å²) >= 11 is 10.4. The van der Waals surface area contributed by atoms with Gasteiger partial charge in [-0.2, -0.15) is 4.98 Å². The van der Waals surface area contributed by atoms with Crippen LogP contribution in [0.4, 0.5) is 5.95 Å². The van der Waals surface area contributed by atoms with Crippen molar-refractivity contribution in [3.05, 3.63) is 46.4 Å². The molecule has 184 valence electrons. The Morgan fingerprint density at radius 2 is 1.79 bits per heavy atom. The lowest BCUT2D eigenvalue weighted by molar-refractivity contribution is 0.0656. The summed E-state index contributed by atoms with van der Waals surface area (Å²) in [7, 11) is 1.60. The molecule has 10 nitrogen and oxygen atoms in total. The summed E-state index contributed by atoms with van der Waals surface area (Å²) in [6.45, 7) is 5.99. The summed E-state index contributed by atoms with van der Waals surface area (Å²) < 4.78 is 11.6. The number of nitrogens with zero attached hydrogens (tertiary/aromatic N) is 5. The van der Waals surface area contributed by atoms with Crippen molar-refractivity contribution in [2.24, 2.45) is 7.05 Å². The normalized spacial score (nSPS) is 15.8. The van der Waals surface area contributed by atoms with Crippen molar-refractivity contribution in [1.29, 1.82) is 0 Å². The number of aliphatic hydroxyl groups is 1. The van der Waals surface area contributed by atoms with Crippen molar-refractivity contribution in [3.63, 3.8) is 0 Å². The Morgan fingerprint density at radius 1 is 1.15 bits per heavy atom. The fraction of sp³-hybridized carbons (Fsp3) is 0.476. The van der Waals surface area contributed by atoms with Crippen LogP contribution in [0.2, 0.25) is 0 Å². The van der Waals surface area contributed by atoms with Gasteiger partial charge in [-0.1, -0.05) is 15.9 Å². The van der Waals surface area contributed by atoms with E-state index >= 15 is 0 Å². The number of piperazine rings is 1. The molecule has 1 saturated heterocycles. The number of hydrogen-bond donors (Lipinski definition) is 2. The van der Waals surface area contributed by atoms with Crippen molar-refractivity contribution in [3.8, 4) is 5.75 Å². The van der Waals surface area contributed by atoms with E-state index in [9.17, 15) is 14.7 Å². The van der Waals surface area contributed by atoms with Crippen LogP contribution in [0.15, 0.2) is 35.1 Å². The van der Waals surface area contributed by atoms with E-state index in [2.05, 4.69) is 67.6 Å². The van der Waals surface area contributed by atoms with Gasteiger partial charge in [0.2, 0.25) is 5.95 Å². The second-order valence-corrected chi connectivity index (χ2v) is 10.7. The Balaban J connectivity index is 1.39. The second kappa shape index (κ2) is 10.5. The molecule has 0 unspecified atom stereocenters. The minimum atomic E-state index is -0.651. The highest BCUT2D eigenvalue weighted by Crippen LogP contribution is 2.36. The van der Waals surface area contributed by atoms with Gasteiger partial charge < -0.3 is 19.3 Å². The van der Waals surface area contributed by atoms with E-state index in [4.69, 9.17) is 4.74 Å². The average Bonchev–Trinajstić information content (AvgIpc) is 3.17. The van der Waals surface area contributed by atoms with E-state index in [1.54, 1.807) is 7.05 Å². The largest absolute Gasteiger partial charge is 0.488 e. The van der Waals surface area contributed by atoms with Crippen LogP contribution in [-0.2, 0) is 13.6 Å². The molecule has 1 atom stereocenters. The minimum absolute atomic E-state index is 0.168. The zero-order valence-electron chi connectivity index (χ0n) is 18.7. The Morgan fingerprint density at radius 3 is 2.41 bits per heavy atom. The highest BCUT2D eigenvalue weighted by molar-refractivity contribution is 9.11. The Kier molecular flexibility index (Phi) is 7.87. The van der Waals surface area contributed by atoms with Crippen LogP contribution in [-0.4, -0.2) is 74.5 Å². The van der Waals surface area contributed by atoms with Crippen LogP contribution in [0.5, 0.6) is 5.75 Å². The number of ether oxygens (including phenoxy) is 1. The Labute approximate surface area is 220 Å². The SMILES string of the molecule is CCn1c(N2CCN(C[C@@H](O)COc3c(Br)cc(Br)cc3Br)CC2)nc2c1c(=O)[nH]c(=O)n2C. The van der Waals surface area contributed by atoms with E-state index in [0.29, 0.717) is 49.0 Å². The number of β-amino-alcohol motifs (C(OH)–C–C–N with tert-alkyl or cyclic N) is 1. The lowest BCUT2D eigenvalue weighted by atomic mass is 10.2. The second-order valence-electron chi connectivity index (χ2n) is 8.10. The molecule has 0 bridgehead atoms. The fourth-order valence-electron chi connectivity index (χ4n) is 4.09. The molecule has 0 amide bonds. The standard InChI is InChI=1S/C21H25Br3N6O4/c1-3-30-16-18(27(2)21(33)26-19(16)32)25-20(30)29-6-4-28(5-7-29)10-13(31)11-34-17-14(23)8-12(22)9-15(17)24/h8-9,13,31H,3-7,10-11H2,1-2H3,(H,26,32,33)/t13-/m1/s1. The van der Waals surface area contributed by atoms with Crippen LogP contribution in [0, 0.1) is 0 Å². The number of anilines is 1. The fourth-order valence-corrected chi connectivity index (χ4v) is 6.58. The van der Waals surface area contributed by atoms with E-state index < -0.39 is 17.4 Å². The first-order valence-electron chi connectivity index (χ1n) is 10.8. The van der Waals surface area contributed by atoms with E-state index in [1.807, 2.05) is 23.6 Å². The van der Waals surface area contributed by atoms with Crippen LogP contribution >= 0.6 is 47.8 Å². The molecule has 2 N–H and O–H groups in total. The third-order valence-electron chi connectivity index (χ3n) is 5.81. The van der Waals surface area contributed by atoms with Gasteiger partial charge in [-0.05, 0) is 50.9 Å². The van der Waals surface area contributed by atoms with Gasteiger partial charge in [0.1, 0.15) is 18.5 Å². The zero-order chi connectivity index (χ0) is 24.6. The van der Waals surface area contributed by atoms with Crippen LogP contribution in [0.1, 0.15) is 6.92 Å². The maximum atomic E-state index is 12.4. The van der Waals surface area contributed by atoms with Crippen LogP contribution in [0.3, 0.4) is 0 Å². The molecule has 34 heavy (non-hydrogen) atoms. The lowest BCUT2D eigenvalue weighted by Crippen LogP contribution is -2.50. The molecule has 3 heterocycles. The van der Waals surface area contributed by atoms with Gasteiger partial charge in [0, 0.05) is 50.8 Å². The van der Waals surface area contributed by atoms with Gasteiger partial charge in [-0.3, -0.25) is 19.2 Å².